The minimum atomic E-state index is -0.305. The van der Waals surface area contributed by atoms with E-state index < -0.39 is 0 Å². The Morgan fingerprint density at radius 3 is 2.68 bits per heavy atom. The Hall–Kier alpha value is -2.18. The number of amides is 1. The van der Waals surface area contributed by atoms with Gasteiger partial charge in [-0.3, -0.25) is 14.4 Å². The van der Waals surface area contributed by atoms with Gasteiger partial charge in [-0.15, -0.1) is 0 Å². The highest BCUT2D eigenvalue weighted by Gasteiger charge is 2.14. The third kappa shape index (κ3) is 4.20. The van der Waals surface area contributed by atoms with Gasteiger partial charge in [0.05, 0.1) is 7.11 Å². The van der Waals surface area contributed by atoms with Crippen LogP contribution in [0, 0.1) is 0 Å². The fraction of sp³-hybridized carbons (Fsp3) is 0.500. The van der Waals surface area contributed by atoms with Gasteiger partial charge in [0.1, 0.15) is 5.69 Å². The number of hydrogen-bond donors (Lipinski definition) is 0. The SMILES string of the molecule is COC(=O)CCCN(C)C(=O)c1ccc(=O)n(C)n1. The second kappa shape index (κ2) is 6.67. The van der Waals surface area contributed by atoms with E-state index in [1.165, 1.54) is 31.2 Å². The van der Waals surface area contributed by atoms with Gasteiger partial charge in [0, 0.05) is 33.1 Å². The molecule has 1 amide bonds. The van der Waals surface area contributed by atoms with Crippen LogP contribution in [0.25, 0.3) is 0 Å². The second-order valence-corrected chi connectivity index (χ2v) is 4.09. The number of nitrogens with zero attached hydrogens (tertiary/aromatic N) is 3. The molecular weight excluding hydrogens is 250 g/mol. The predicted octanol–water partition coefficient (Wildman–Crippen LogP) is -0.195. The molecule has 0 bridgehead atoms. The fourth-order valence-corrected chi connectivity index (χ4v) is 1.48. The van der Waals surface area contributed by atoms with Crippen molar-refractivity contribution in [2.45, 2.75) is 12.8 Å². The number of aryl methyl sites for hydroxylation is 1. The summed E-state index contributed by atoms with van der Waals surface area (Å²) in [6.45, 7) is 0.415. The summed E-state index contributed by atoms with van der Waals surface area (Å²) in [5.41, 5.74) is -0.0763. The van der Waals surface area contributed by atoms with Crippen molar-refractivity contribution in [1.82, 2.24) is 14.7 Å². The molecule has 0 atom stereocenters. The van der Waals surface area contributed by atoms with Crippen molar-refractivity contribution in [3.63, 3.8) is 0 Å². The van der Waals surface area contributed by atoms with Crippen LogP contribution in [0.4, 0.5) is 0 Å². The fourth-order valence-electron chi connectivity index (χ4n) is 1.48. The summed E-state index contributed by atoms with van der Waals surface area (Å²) < 4.78 is 5.62. The van der Waals surface area contributed by atoms with E-state index >= 15 is 0 Å². The molecule has 0 saturated carbocycles. The van der Waals surface area contributed by atoms with Crippen molar-refractivity contribution in [1.29, 1.82) is 0 Å². The summed E-state index contributed by atoms with van der Waals surface area (Å²) in [5.74, 6) is -0.596. The first-order valence-corrected chi connectivity index (χ1v) is 5.82. The molecule has 0 unspecified atom stereocenters. The maximum Gasteiger partial charge on any atom is 0.305 e. The Kier molecular flexibility index (Phi) is 5.23. The van der Waals surface area contributed by atoms with Gasteiger partial charge in [-0.2, -0.15) is 5.10 Å². The topological polar surface area (TPSA) is 81.5 Å². The monoisotopic (exact) mass is 267 g/mol. The van der Waals surface area contributed by atoms with E-state index in [1.807, 2.05) is 0 Å². The number of carbonyl (C=O) groups is 2. The summed E-state index contributed by atoms with van der Waals surface area (Å²) in [7, 11) is 4.42. The molecular formula is C12H17N3O4. The number of rotatable bonds is 5. The average Bonchev–Trinajstić information content (AvgIpc) is 2.40. The summed E-state index contributed by atoms with van der Waals surface area (Å²) in [4.78, 5) is 35.5. The van der Waals surface area contributed by atoms with Crippen molar-refractivity contribution < 1.29 is 14.3 Å². The van der Waals surface area contributed by atoms with Gasteiger partial charge in [0.25, 0.3) is 11.5 Å². The molecule has 0 saturated heterocycles. The van der Waals surface area contributed by atoms with E-state index in [9.17, 15) is 14.4 Å². The van der Waals surface area contributed by atoms with Crippen LogP contribution >= 0.6 is 0 Å². The van der Waals surface area contributed by atoms with Gasteiger partial charge in [-0.05, 0) is 12.5 Å². The molecule has 19 heavy (non-hydrogen) atoms. The molecule has 0 radical (unpaired) electrons. The summed E-state index contributed by atoms with van der Waals surface area (Å²) in [6.07, 6.45) is 0.773. The normalized spacial score (nSPS) is 10.1. The van der Waals surface area contributed by atoms with Gasteiger partial charge in [-0.1, -0.05) is 0 Å². The smallest absolute Gasteiger partial charge is 0.305 e. The quantitative estimate of drug-likeness (QED) is 0.690. The van der Waals surface area contributed by atoms with Gasteiger partial charge in [0.2, 0.25) is 0 Å². The zero-order valence-corrected chi connectivity index (χ0v) is 11.3. The Bertz CT molecular complexity index is 524. The Morgan fingerprint density at radius 2 is 2.11 bits per heavy atom. The number of ether oxygens (including phenoxy) is 1. The molecule has 1 heterocycles. The van der Waals surface area contributed by atoms with Crippen molar-refractivity contribution in [2.75, 3.05) is 20.7 Å². The minimum absolute atomic E-state index is 0.197. The molecule has 1 rings (SSSR count). The highest BCUT2D eigenvalue weighted by atomic mass is 16.5. The number of hydrogen-bond acceptors (Lipinski definition) is 5. The largest absolute Gasteiger partial charge is 0.469 e. The maximum absolute atomic E-state index is 12.0. The molecule has 0 aliphatic heterocycles. The molecule has 1 aromatic heterocycles. The molecule has 0 spiro atoms. The van der Waals surface area contributed by atoms with Crippen LogP contribution in [0.3, 0.4) is 0 Å². The first-order valence-electron chi connectivity index (χ1n) is 5.82. The van der Waals surface area contributed by atoms with Crippen LogP contribution in [0.5, 0.6) is 0 Å². The second-order valence-electron chi connectivity index (χ2n) is 4.09. The van der Waals surface area contributed by atoms with Crippen LogP contribution in [0.15, 0.2) is 16.9 Å². The zero-order chi connectivity index (χ0) is 14.4. The minimum Gasteiger partial charge on any atom is -0.469 e. The zero-order valence-electron chi connectivity index (χ0n) is 11.3. The van der Waals surface area contributed by atoms with E-state index in [0.29, 0.717) is 13.0 Å². The Balaban J connectivity index is 2.59. The number of aromatic nitrogens is 2. The van der Waals surface area contributed by atoms with Crippen molar-refractivity contribution in [3.8, 4) is 0 Å². The van der Waals surface area contributed by atoms with Crippen LogP contribution in [-0.4, -0.2) is 47.3 Å². The van der Waals surface area contributed by atoms with E-state index in [1.54, 1.807) is 7.05 Å². The lowest BCUT2D eigenvalue weighted by molar-refractivity contribution is -0.140. The number of carbonyl (C=O) groups excluding carboxylic acids is 2. The van der Waals surface area contributed by atoms with Crippen molar-refractivity contribution >= 4 is 11.9 Å². The lowest BCUT2D eigenvalue weighted by Crippen LogP contribution is -2.31. The van der Waals surface area contributed by atoms with E-state index in [4.69, 9.17) is 0 Å². The van der Waals surface area contributed by atoms with Gasteiger partial charge >= 0.3 is 5.97 Å². The molecule has 7 heteroatoms. The van der Waals surface area contributed by atoms with Crippen LogP contribution in [-0.2, 0) is 16.6 Å². The van der Waals surface area contributed by atoms with E-state index in [-0.39, 0.29) is 29.6 Å². The number of esters is 1. The molecule has 0 aliphatic carbocycles. The third-order valence-corrected chi connectivity index (χ3v) is 2.63. The highest BCUT2D eigenvalue weighted by molar-refractivity contribution is 5.91. The number of methoxy groups -OCH3 is 1. The maximum atomic E-state index is 12.0. The van der Waals surface area contributed by atoms with Crippen LogP contribution < -0.4 is 5.56 Å². The van der Waals surface area contributed by atoms with E-state index in [0.717, 1.165) is 4.68 Å². The Labute approximate surface area is 110 Å². The molecule has 0 N–H and O–H groups in total. The molecule has 0 fully saturated rings. The third-order valence-electron chi connectivity index (χ3n) is 2.63. The summed E-state index contributed by atoms with van der Waals surface area (Å²) in [6, 6.07) is 2.68. The molecule has 0 aliphatic rings. The van der Waals surface area contributed by atoms with E-state index in [2.05, 4.69) is 9.84 Å². The molecule has 0 aromatic carbocycles. The molecule has 104 valence electrons. The van der Waals surface area contributed by atoms with Crippen LogP contribution in [0.1, 0.15) is 23.3 Å². The first kappa shape index (κ1) is 14.9. The molecule has 7 nitrogen and oxygen atoms in total. The van der Waals surface area contributed by atoms with Crippen LogP contribution in [0.2, 0.25) is 0 Å². The lowest BCUT2D eigenvalue weighted by atomic mass is 10.3. The van der Waals surface area contributed by atoms with Gasteiger partial charge in [0.15, 0.2) is 0 Å². The Morgan fingerprint density at radius 1 is 1.42 bits per heavy atom. The van der Waals surface area contributed by atoms with Crippen molar-refractivity contribution in [2.24, 2.45) is 7.05 Å². The average molecular weight is 267 g/mol. The first-order chi connectivity index (χ1) is 8.95. The summed E-state index contributed by atoms with van der Waals surface area (Å²) >= 11 is 0. The summed E-state index contributed by atoms with van der Waals surface area (Å²) in [5, 5.41) is 3.87. The van der Waals surface area contributed by atoms with Gasteiger partial charge < -0.3 is 9.64 Å². The predicted molar refractivity (Wildman–Crippen MR) is 67.7 cm³/mol. The lowest BCUT2D eigenvalue weighted by Gasteiger charge is -2.16. The molecule has 1 aromatic rings. The highest BCUT2D eigenvalue weighted by Crippen LogP contribution is 2.00. The van der Waals surface area contributed by atoms with Gasteiger partial charge in [-0.25, -0.2) is 4.68 Å². The standard InChI is InChI=1S/C12H17N3O4/c1-14(8-4-5-11(17)19-3)12(18)9-6-7-10(16)15(2)13-9/h6-7H,4-5,8H2,1-3H3. The van der Waals surface area contributed by atoms with Crippen molar-refractivity contribution in [3.05, 3.63) is 28.2 Å².